The molecule has 2 rings (SSSR count). The number of phenols is 1. The summed E-state index contributed by atoms with van der Waals surface area (Å²) in [6.07, 6.45) is 0. The second-order valence-electron chi connectivity index (χ2n) is 3.89. The summed E-state index contributed by atoms with van der Waals surface area (Å²) in [6, 6.07) is 8.48. The molecule has 2 aromatic rings. The van der Waals surface area contributed by atoms with Crippen molar-refractivity contribution < 1.29 is 19.2 Å². The van der Waals surface area contributed by atoms with E-state index >= 15 is 0 Å². The zero-order chi connectivity index (χ0) is 14.7. The highest BCUT2D eigenvalue weighted by Crippen LogP contribution is 2.24. The van der Waals surface area contributed by atoms with Gasteiger partial charge >= 0.3 is 0 Å². The number of carbonyl (C=O) groups excluding carboxylic acids is 1. The number of nitrogens with zero attached hydrogens (tertiary/aromatic N) is 1. The van der Waals surface area contributed by atoms with E-state index in [9.17, 15) is 24.4 Å². The van der Waals surface area contributed by atoms with Gasteiger partial charge in [-0.25, -0.2) is 4.39 Å². The van der Waals surface area contributed by atoms with E-state index in [0.29, 0.717) is 0 Å². The molecule has 2 aromatic carbocycles. The van der Waals surface area contributed by atoms with Crippen LogP contribution >= 0.6 is 0 Å². The number of nitrogens with one attached hydrogen (secondary N) is 1. The lowest BCUT2D eigenvalue weighted by Crippen LogP contribution is -2.14. The fraction of sp³-hybridized carbons (Fsp3) is 0. The average molecular weight is 276 g/mol. The number of rotatable bonds is 3. The van der Waals surface area contributed by atoms with Crippen LogP contribution in [0, 0.1) is 15.9 Å². The van der Waals surface area contributed by atoms with Crippen molar-refractivity contribution in [3.8, 4) is 5.75 Å². The molecule has 7 heteroatoms. The van der Waals surface area contributed by atoms with Gasteiger partial charge in [-0.1, -0.05) is 12.1 Å². The minimum atomic E-state index is -0.877. The Bertz CT molecular complexity index is 688. The van der Waals surface area contributed by atoms with Crippen molar-refractivity contribution in [1.29, 1.82) is 0 Å². The Morgan fingerprint density at radius 1 is 1.25 bits per heavy atom. The minimum absolute atomic E-state index is 0.102. The molecule has 20 heavy (non-hydrogen) atoms. The highest BCUT2D eigenvalue weighted by atomic mass is 19.1. The van der Waals surface area contributed by atoms with Crippen LogP contribution in [0.25, 0.3) is 0 Å². The topological polar surface area (TPSA) is 92.5 Å². The predicted molar refractivity (Wildman–Crippen MR) is 69.1 cm³/mol. The van der Waals surface area contributed by atoms with Gasteiger partial charge in [0.25, 0.3) is 11.6 Å². The Labute approximate surface area is 112 Å². The van der Waals surface area contributed by atoms with Gasteiger partial charge in [0.15, 0.2) is 0 Å². The molecule has 0 heterocycles. The van der Waals surface area contributed by atoms with Crippen LogP contribution in [0.2, 0.25) is 0 Å². The molecule has 0 saturated carbocycles. The molecule has 0 radical (unpaired) electrons. The summed E-state index contributed by atoms with van der Waals surface area (Å²) in [7, 11) is 0. The van der Waals surface area contributed by atoms with Gasteiger partial charge in [-0.2, -0.15) is 0 Å². The molecule has 0 aliphatic heterocycles. The SMILES string of the molecule is O=C(Nc1ccccc1F)c1cc(O)ccc1[N+](=O)[O-]. The highest BCUT2D eigenvalue weighted by molar-refractivity contribution is 6.07. The van der Waals surface area contributed by atoms with Gasteiger partial charge in [0.2, 0.25) is 0 Å². The van der Waals surface area contributed by atoms with Gasteiger partial charge in [0.05, 0.1) is 10.6 Å². The first kappa shape index (κ1) is 13.5. The Morgan fingerprint density at radius 3 is 2.60 bits per heavy atom. The quantitative estimate of drug-likeness (QED) is 0.665. The lowest BCUT2D eigenvalue weighted by atomic mass is 10.1. The minimum Gasteiger partial charge on any atom is -0.508 e. The number of carbonyl (C=O) groups is 1. The fourth-order valence-corrected chi connectivity index (χ4v) is 1.62. The van der Waals surface area contributed by atoms with Crippen LogP contribution in [0.1, 0.15) is 10.4 Å². The maximum atomic E-state index is 13.4. The lowest BCUT2D eigenvalue weighted by molar-refractivity contribution is -0.385. The van der Waals surface area contributed by atoms with Gasteiger partial charge in [0.1, 0.15) is 17.1 Å². The highest BCUT2D eigenvalue weighted by Gasteiger charge is 2.21. The van der Waals surface area contributed by atoms with E-state index in [0.717, 1.165) is 24.3 Å². The number of hydrogen-bond acceptors (Lipinski definition) is 4. The first-order chi connectivity index (χ1) is 9.49. The zero-order valence-corrected chi connectivity index (χ0v) is 10.0. The van der Waals surface area contributed by atoms with E-state index in [4.69, 9.17) is 0 Å². The molecule has 2 N–H and O–H groups in total. The van der Waals surface area contributed by atoms with Gasteiger partial charge in [-0.05, 0) is 24.3 Å². The van der Waals surface area contributed by atoms with Crippen LogP contribution in [0.3, 0.4) is 0 Å². The van der Waals surface area contributed by atoms with Crippen LogP contribution in [0.15, 0.2) is 42.5 Å². The number of benzene rings is 2. The maximum Gasteiger partial charge on any atom is 0.282 e. The number of para-hydroxylation sites is 1. The van der Waals surface area contributed by atoms with Gasteiger partial charge < -0.3 is 10.4 Å². The van der Waals surface area contributed by atoms with Gasteiger partial charge in [-0.3, -0.25) is 14.9 Å². The van der Waals surface area contributed by atoms with Crippen molar-refractivity contribution in [2.45, 2.75) is 0 Å². The first-order valence-electron chi connectivity index (χ1n) is 5.52. The summed E-state index contributed by atoms with van der Waals surface area (Å²) in [5.74, 6) is -1.84. The number of aromatic hydroxyl groups is 1. The molecule has 6 nitrogen and oxygen atoms in total. The molecule has 0 aliphatic carbocycles. The summed E-state index contributed by atoms with van der Waals surface area (Å²) in [5, 5.41) is 22.4. The van der Waals surface area contributed by atoms with Crippen molar-refractivity contribution in [2.75, 3.05) is 5.32 Å². The largest absolute Gasteiger partial charge is 0.508 e. The Hall–Kier alpha value is -2.96. The molecule has 0 atom stereocenters. The third-order valence-corrected chi connectivity index (χ3v) is 2.54. The Morgan fingerprint density at radius 2 is 1.95 bits per heavy atom. The molecule has 102 valence electrons. The van der Waals surface area contributed by atoms with E-state index in [-0.39, 0.29) is 17.0 Å². The Kier molecular flexibility index (Phi) is 3.60. The first-order valence-corrected chi connectivity index (χ1v) is 5.52. The average Bonchev–Trinajstić information content (AvgIpc) is 2.40. The van der Waals surface area contributed by atoms with E-state index < -0.39 is 22.3 Å². The number of phenolic OH excluding ortho intramolecular Hbond substituents is 1. The monoisotopic (exact) mass is 276 g/mol. The molecule has 0 bridgehead atoms. The molecule has 0 aromatic heterocycles. The number of amides is 1. The summed E-state index contributed by atoms with van der Waals surface area (Å²) < 4.78 is 13.4. The van der Waals surface area contributed by atoms with Crippen molar-refractivity contribution in [3.63, 3.8) is 0 Å². The number of nitro benzene ring substituents is 1. The summed E-state index contributed by atoms with van der Waals surface area (Å²) >= 11 is 0. The van der Waals surface area contributed by atoms with Crippen molar-refractivity contribution in [2.24, 2.45) is 0 Å². The van der Waals surface area contributed by atoms with Crippen molar-refractivity contribution in [3.05, 3.63) is 64.0 Å². The standard InChI is InChI=1S/C13H9FN2O4/c14-10-3-1-2-4-11(10)15-13(18)9-7-8(17)5-6-12(9)16(19)20/h1-7,17H,(H,15,18). The van der Waals surface area contributed by atoms with E-state index in [1.807, 2.05) is 0 Å². The van der Waals surface area contributed by atoms with Crippen LogP contribution in [0.5, 0.6) is 5.75 Å². The van der Waals surface area contributed by atoms with Gasteiger partial charge in [0, 0.05) is 6.07 Å². The third-order valence-electron chi connectivity index (χ3n) is 2.54. The number of anilines is 1. The zero-order valence-electron chi connectivity index (χ0n) is 10.0. The van der Waals surface area contributed by atoms with Crippen LogP contribution in [0.4, 0.5) is 15.8 Å². The molecular weight excluding hydrogens is 267 g/mol. The van der Waals surface area contributed by atoms with Gasteiger partial charge in [-0.15, -0.1) is 0 Å². The number of halogens is 1. The second-order valence-corrected chi connectivity index (χ2v) is 3.89. The van der Waals surface area contributed by atoms with E-state index in [2.05, 4.69) is 5.32 Å². The molecule has 0 unspecified atom stereocenters. The molecule has 0 aliphatic rings. The molecular formula is C13H9FN2O4. The summed E-state index contributed by atoms with van der Waals surface area (Å²) in [5.41, 5.74) is -0.926. The van der Waals surface area contributed by atoms with Crippen LogP contribution in [-0.2, 0) is 0 Å². The third kappa shape index (κ3) is 2.72. The number of hydrogen-bond donors (Lipinski definition) is 2. The van der Waals surface area contributed by atoms with Crippen LogP contribution in [-0.4, -0.2) is 15.9 Å². The maximum absolute atomic E-state index is 13.4. The smallest absolute Gasteiger partial charge is 0.282 e. The normalized spacial score (nSPS) is 10.1. The van der Waals surface area contributed by atoms with Crippen LogP contribution < -0.4 is 5.32 Å². The molecule has 0 saturated heterocycles. The van der Waals surface area contributed by atoms with Crippen molar-refractivity contribution >= 4 is 17.3 Å². The Balaban J connectivity index is 2.37. The lowest BCUT2D eigenvalue weighted by Gasteiger charge is -2.07. The molecule has 0 fully saturated rings. The van der Waals surface area contributed by atoms with E-state index in [1.54, 1.807) is 0 Å². The fourth-order valence-electron chi connectivity index (χ4n) is 1.62. The second kappa shape index (κ2) is 5.35. The summed E-state index contributed by atoms with van der Waals surface area (Å²) in [6.45, 7) is 0. The van der Waals surface area contributed by atoms with E-state index in [1.165, 1.54) is 18.2 Å². The molecule has 1 amide bonds. The summed E-state index contributed by atoms with van der Waals surface area (Å²) in [4.78, 5) is 22.0. The molecule has 0 spiro atoms. The number of nitro groups is 1. The van der Waals surface area contributed by atoms with Crippen molar-refractivity contribution in [1.82, 2.24) is 0 Å². The predicted octanol–water partition coefficient (Wildman–Crippen LogP) is 2.69.